The fourth-order valence-corrected chi connectivity index (χ4v) is 3.05. The fourth-order valence-electron chi connectivity index (χ4n) is 3.05. The van der Waals surface area contributed by atoms with Crippen molar-refractivity contribution in [3.63, 3.8) is 0 Å². The van der Waals surface area contributed by atoms with E-state index in [-0.39, 0.29) is 6.10 Å². The molecule has 3 heterocycles. The van der Waals surface area contributed by atoms with Gasteiger partial charge in [-0.15, -0.1) is 5.10 Å². The molecular formula is C15H24N4O2. The van der Waals surface area contributed by atoms with E-state index in [1.165, 1.54) is 6.42 Å². The molecule has 0 spiro atoms. The Morgan fingerprint density at radius 3 is 3.14 bits per heavy atom. The second-order valence-electron chi connectivity index (χ2n) is 5.94. The molecule has 2 aliphatic rings. The van der Waals surface area contributed by atoms with Crippen LogP contribution in [0, 0.1) is 5.92 Å². The van der Waals surface area contributed by atoms with Crippen molar-refractivity contribution < 1.29 is 9.47 Å². The van der Waals surface area contributed by atoms with Crippen molar-refractivity contribution in [1.29, 1.82) is 0 Å². The summed E-state index contributed by atoms with van der Waals surface area (Å²) in [7, 11) is 2.04. The minimum atomic E-state index is 0.230. The van der Waals surface area contributed by atoms with Gasteiger partial charge in [-0.1, -0.05) is 0 Å². The third kappa shape index (κ3) is 4.12. The predicted octanol–water partition coefficient (Wildman–Crippen LogP) is 0.650. The number of ether oxygens (including phenoxy) is 2. The van der Waals surface area contributed by atoms with E-state index in [1.54, 1.807) is 6.20 Å². The third-order valence-corrected chi connectivity index (χ3v) is 4.19. The largest absolute Gasteiger partial charge is 0.381 e. The van der Waals surface area contributed by atoms with Gasteiger partial charge in [-0.05, 0) is 24.5 Å². The molecule has 2 atom stereocenters. The van der Waals surface area contributed by atoms with Crippen LogP contribution in [0.15, 0.2) is 18.3 Å². The molecule has 0 unspecified atom stereocenters. The number of likely N-dealkylation sites (N-methyl/N-ethyl adjacent to an activating group) is 1. The van der Waals surface area contributed by atoms with Crippen LogP contribution in [0.25, 0.3) is 0 Å². The SMILES string of the molecule is CN(C[C@@H]1CN(C[C@H]2CCOC2)CCO1)c1cccnn1. The van der Waals surface area contributed by atoms with Crippen LogP contribution in [0.2, 0.25) is 0 Å². The first-order valence-corrected chi connectivity index (χ1v) is 7.72. The summed E-state index contributed by atoms with van der Waals surface area (Å²) < 4.78 is 11.4. The van der Waals surface area contributed by atoms with E-state index in [4.69, 9.17) is 9.47 Å². The number of anilines is 1. The lowest BCUT2D eigenvalue weighted by atomic mass is 10.1. The summed E-state index contributed by atoms with van der Waals surface area (Å²) in [6.45, 7) is 6.65. The molecule has 0 radical (unpaired) electrons. The highest BCUT2D eigenvalue weighted by Crippen LogP contribution is 2.17. The normalized spacial score (nSPS) is 26.9. The van der Waals surface area contributed by atoms with Crippen molar-refractivity contribution in [2.45, 2.75) is 12.5 Å². The van der Waals surface area contributed by atoms with Crippen molar-refractivity contribution >= 4 is 5.82 Å². The standard InChI is InChI=1S/C15H24N4O2/c1-18(15-3-2-5-16-17-15)10-14-11-19(6-8-21-14)9-13-4-7-20-12-13/h2-3,5,13-14H,4,6-12H2,1H3/t13-,14-/m1/s1. The molecule has 21 heavy (non-hydrogen) atoms. The van der Waals surface area contributed by atoms with Crippen LogP contribution >= 0.6 is 0 Å². The highest BCUT2D eigenvalue weighted by Gasteiger charge is 2.25. The van der Waals surface area contributed by atoms with Crippen LogP contribution in [0.4, 0.5) is 5.82 Å². The van der Waals surface area contributed by atoms with Crippen LogP contribution in [-0.2, 0) is 9.47 Å². The quantitative estimate of drug-likeness (QED) is 0.794. The lowest BCUT2D eigenvalue weighted by molar-refractivity contribution is -0.0284. The molecule has 3 rings (SSSR count). The van der Waals surface area contributed by atoms with Crippen LogP contribution in [-0.4, -0.2) is 74.2 Å². The van der Waals surface area contributed by atoms with Crippen molar-refractivity contribution in [1.82, 2.24) is 15.1 Å². The van der Waals surface area contributed by atoms with Gasteiger partial charge in [-0.25, -0.2) is 0 Å². The van der Waals surface area contributed by atoms with Gasteiger partial charge in [0.1, 0.15) is 0 Å². The predicted molar refractivity (Wildman–Crippen MR) is 80.4 cm³/mol. The first kappa shape index (κ1) is 14.7. The Morgan fingerprint density at radius 2 is 2.38 bits per heavy atom. The van der Waals surface area contributed by atoms with E-state index >= 15 is 0 Å². The van der Waals surface area contributed by atoms with Gasteiger partial charge in [0.2, 0.25) is 0 Å². The van der Waals surface area contributed by atoms with E-state index in [9.17, 15) is 0 Å². The molecule has 0 N–H and O–H groups in total. The monoisotopic (exact) mass is 292 g/mol. The highest BCUT2D eigenvalue weighted by atomic mass is 16.5. The van der Waals surface area contributed by atoms with Crippen LogP contribution in [0.1, 0.15) is 6.42 Å². The Labute approximate surface area is 126 Å². The smallest absolute Gasteiger partial charge is 0.151 e. The number of rotatable bonds is 5. The number of aromatic nitrogens is 2. The summed E-state index contributed by atoms with van der Waals surface area (Å²) in [4.78, 5) is 4.62. The van der Waals surface area contributed by atoms with Gasteiger partial charge in [-0.2, -0.15) is 5.10 Å². The highest BCUT2D eigenvalue weighted by molar-refractivity contribution is 5.35. The summed E-state index contributed by atoms with van der Waals surface area (Å²) >= 11 is 0. The van der Waals surface area contributed by atoms with E-state index in [1.807, 2.05) is 19.2 Å². The Bertz CT molecular complexity index is 425. The molecule has 6 heteroatoms. The van der Waals surface area contributed by atoms with Crippen molar-refractivity contribution in [2.75, 3.05) is 57.9 Å². The van der Waals surface area contributed by atoms with Gasteiger partial charge in [0.25, 0.3) is 0 Å². The Hall–Kier alpha value is -1.24. The summed E-state index contributed by atoms with van der Waals surface area (Å²) in [5, 5.41) is 8.06. The molecule has 0 saturated carbocycles. The first-order valence-electron chi connectivity index (χ1n) is 7.72. The number of morpholine rings is 1. The molecule has 2 aliphatic heterocycles. The van der Waals surface area contributed by atoms with Crippen molar-refractivity contribution in [3.05, 3.63) is 18.3 Å². The molecule has 0 amide bonds. The average Bonchev–Trinajstić information content (AvgIpc) is 3.01. The second kappa shape index (κ2) is 7.15. The molecule has 0 aromatic carbocycles. The molecular weight excluding hydrogens is 268 g/mol. The van der Waals surface area contributed by atoms with Gasteiger partial charge in [-0.3, -0.25) is 4.90 Å². The zero-order chi connectivity index (χ0) is 14.5. The van der Waals surface area contributed by atoms with E-state index in [0.717, 1.165) is 51.8 Å². The van der Waals surface area contributed by atoms with E-state index in [0.29, 0.717) is 5.92 Å². The zero-order valence-corrected chi connectivity index (χ0v) is 12.6. The van der Waals surface area contributed by atoms with Crippen LogP contribution < -0.4 is 4.90 Å². The molecule has 0 aliphatic carbocycles. The Morgan fingerprint density at radius 1 is 1.43 bits per heavy atom. The fraction of sp³-hybridized carbons (Fsp3) is 0.733. The van der Waals surface area contributed by atoms with Gasteiger partial charge < -0.3 is 14.4 Å². The minimum Gasteiger partial charge on any atom is -0.381 e. The van der Waals surface area contributed by atoms with Crippen molar-refractivity contribution in [2.24, 2.45) is 5.92 Å². The van der Waals surface area contributed by atoms with Crippen molar-refractivity contribution in [3.8, 4) is 0 Å². The zero-order valence-electron chi connectivity index (χ0n) is 12.6. The molecule has 6 nitrogen and oxygen atoms in total. The Balaban J connectivity index is 1.49. The molecule has 2 fully saturated rings. The molecule has 2 saturated heterocycles. The summed E-state index contributed by atoms with van der Waals surface area (Å²) in [5.41, 5.74) is 0. The number of hydrogen-bond acceptors (Lipinski definition) is 6. The van der Waals surface area contributed by atoms with Gasteiger partial charge in [0.15, 0.2) is 5.82 Å². The van der Waals surface area contributed by atoms with E-state index < -0.39 is 0 Å². The topological polar surface area (TPSA) is 50.7 Å². The first-order chi connectivity index (χ1) is 10.3. The Kier molecular flexibility index (Phi) is 5.00. The second-order valence-corrected chi connectivity index (χ2v) is 5.94. The number of nitrogens with zero attached hydrogens (tertiary/aromatic N) is 4. The lowest BCUT2D eigenvalue weighted by Crippen LogP contribution is -2.48. The third-order valence-electron chi connectivity index (χ3n) is 4.19. The minimum absolute atomic E-state index is 0.230. The maximum Gasteiger partial charge on any atom is 0.151 e. The summed E-state index contributed by atoms with van der Waals surface area (Å²) in [6.07, 6.45) is 3.12. The number of hydrogen-bond donors (Lipinski definition) is 0. The summed E-state index contributed by atoms with van der Waals surface area (Å²) in [6, 6.07) is 3.89. The maximum absolute atomic E-state index is 5.90. The molecule has 116 valence electrons. The lowest BCUT2D eigenvalue weighted by Gasteiger charge is -2.35. The van der Waals surface area contributed by atoms with Crippen LogP contribution in [0.3, 0.4) is 0 Å². The summed E-state index contributed by atoms with van der Waals surface area (Å²) in [5.74, 6) is 1.59. The molecule has 1 aromatic heterocycles. The molecule has 0 bridgehead atoms. The van der Waals surface area contributed by atoms with E-state index in [2.05, 4.69) is 20.0 Å². The van der Waals surface area contributed by atoms with Gasteiger partial charge >= 0.3 is 0 Å². The molecule has 1 aromatic rings. The van der Waals surface area contributed by atoms with Crippen LogP contribution in [0.5, 0.6) is 0 Å². The van der Waals surface area contributed by atoms with Gasteiger partial charge in [0, 0.05) is 46.0 Å². The maximum atomic E-state index is 5.90. The van der Waals surface area contributed by atoms with Gasteiger partial charge in [0.05, 0.1) is 19.3 Å². The average molecular weight is 292 g/mol.